The van der Waals surface area contributed by atoms with Crippen LogP contribution in [0.2, 0.25) is 10.0 Å². The van der Waals surface area contributed by atoms with Crippen molar-refractivity contribution in [2.45, 2.75) is 30.8 Å². The molecule has 1 unspecified atom stereocenters. The molecule has 0 aliphatic heterocycles. The van der Waals surface area contributed by atoms with Crippen LogP contribution in [0.5, 0.6) is 0 Å². The second-order valence-electron chi connectivity index (χ2n) is 6.65. The average Bonchev–Trinajstić information content (AvgIpc) is 2.97. The highest BCUT2D eigenvalue weighted by Crippen LogP contribution is 2.33. The highest BCUT2D eigenvalue weighted by atomic mass is 79.9. The molecule has 0 saturated heterocycles. The molecule has 0 saturated carbocycles. The zero-order valence-corrected chi connectivity index (χ0v) is 19.5. The Morgan fingerprint density at radius 3 is 2.47 bits per heavy atom. The molecule has 160 valence electrons. The zero-order chi connectivity index (χ0) is 22.2. The van der Waals surface area contributed by atoms with Crippen LogP contribution in [0.4, 0.5) is 4.39 Å². The van der Waals surface area contributed by atoms with Gasteiger partial charge in [-0.05, 0) is 36.8 Å². The SMILES string of the molecule is CCC(Cn1cc(C(N)=O)c2cc(F)ccc21)NS(=O)(=O)c1c(Cl)cc(Br)cc1Cl. The normalized spacial score (nSPS) is 13.0. The van der Waals surface area contributed by atoms with Crippen molar-refractivity contribution in [1.29, 1.82) is 0 Å². The number of nitrogens with two attached hydrogens (primary N) is 1. The monoisotopic (exact) mass is 535 g/mol. The van der Waals surface area contributed by atoms with Crippen molar-refractivity contribution >= 4 is 66.0 Å². The number of nitrogens with one attached hydrogen (secondary N) is 1. The summed E-state index contributed by atoms with van der Waals surface area (Å²) >= 11 is 15.4. The Labute approximate surface area is 191 Å². The Morgan fingerprint density at radius 1 is 1.27 bits per heavy atom. The summed E-state index contributed by atoms with van der Waals surface area (Å²) < 4.78 is 44.3. The van der Waals surface area contributed by atoms with E-state index < -0.39 is 27.8 Å². The van der Waals surface area contributed by atoms with Gasteiger partial charge < -0.3 is 10.3 Å². The van der Waals surface area contributed by atoms with Crippen molar-refractivity contribution in [2.24, 2.45) is 5.73 Å². The molecule has 1 aromatic heterocycles. The minimum absolute atomic E-state index is 0.0189. The van der Waals surface area contributed by atoms with Crippen molar-refractivity contribution in [3.8, 4) is 0 Å². The molecule has 1 atom stereocenters. The summed E-state index contributed by atoms with van der Waals surface area (Å²) in [7, 11) is -4.04. The molecule has 0 aliphatic carbocycles. The molecule has 2 aromatic carbocycles. The second kappa shape index (κ2) is 8.84. The molecule has 1 amide bonds. The summed E-state index contributed by atoms with van der Waals surface area (Å²) in [5, 5.41) is 0.323. The van der Waals surface area contributed by atoms with Crippen molar-refractivity contribution in [3.63, 3.8) is 0 Å². The van der Waals surface area contributed by atoms with Gasteiger partial charge in [-0.25, -0.2) is 17.5 Å². The molecule has 1 heterocycles. The average molecular weight is 537 g/mol. The van der Waals surface area contributed by atoms with Crippen molar-refractivity contribution in [3.05, 3.63) is 62.4 Å². The highest BCUT2D eigenvalue weighted by Gasteiger charge is 2.26. The molecule has 3 rings (SSSR count). The van der Waals surface area contributed by atoms with E-state index >= 15 is 0 Å². The van der Waals surface area contributed by atoms with Gasteiger partial charge in [-0.2, -0.15) is 0 Å². The number of aromatic nitrogens is 1. The van der Waals surface area contributed by atoms with E-state index in [1.54, 1.807) is 11.5 Å². The molecule has 11 heteroatoms. The number of sulfonamides is 1. The number of carbonyl (C=O) groups is 1. The minimum Gasteiger partial charge on any atom is -0.366 e. The van der Waals surface area contributed by atoms with Gasteiger partial charge in [0, 0.05) is 34.2 Å². The number of hydrogen-bond acceptors (Lipinski definition) is 3. The topological polar surface area (TPSA) is 94.2 Å². The molecule has 0 fully saturated rings. The van der Waals surface area contributed by atoms with Crippen LogP contribution in [-0.2, 0) is 16.6 Å². The Morgan fingerprint density at radius 2 is 1.90 bits per heavy atom. The van der Waals surface area contributed by atoms with Crippen molar-refractivity contribution < 1.29 is 17.6 Å². The second-order valence-corrected chi connectivity index (χ2v) is 10.0. The van der Waals surface area contributed by atoms with Crippen LogP contribution in [0.15, 0.2) is 45.9 Å². The molecule has 3 N–H and O–H groups in total. The van der Waals surface area contributed by atoms with Crippen LogP contribution >= 0.6 is 39.1 Å². The molecule has 0 spiro atoms. The highest BCUT2D eigenvalue weighted by molar-refractivity contribution is 9.10. The molecular formula is C19H17BrCl2FN3O3S. The fourth-order valence-corrected chi connectivity index (χ4v) is 6.42. The fourth-order valence-electron chi connectivity index (χ4n) is 3.17. The van der Waals surface area contributed by atoms with Crippen LogP contribution in [0.1, 0.15) is 23.7 Å². The lowest BCUT2D eigenvalue weighted by Crippen LogP contribution is -2.37. The number of primary amides is 1. The van der Waals surface area contributed by atoms with E-state index in [9.17, 15) is 17.6 Å². The molecule has 6 nitrogen and oxygen atoms in total. The van der Waals surface area contributed by atoms with Gasteiger partial charge in [0.15, 0.2) is 0 Å². The first-order chi connectivity index (χ1) is 14.0. The van der Waals surface area contributed by atoms with E-state index in [1.807, 2.05) is 0 Å². The first kappa shape index (κ1) is 23.0. The Bertz CT molecular complexity index is 1220. The summed E-state index contributed by atoms with van der Waals surface area (Å²) in [4.78, 5) is 11.5. The Kier molecular flexibility index (Phi) is 6.78. The standard InChI is InChI=1S/C19H17BrCl2FN3O3S/c1-2-12(25-30(28,29)18-15(21)5-10(20)6-16(18)22)8-26-9-14(19(24)27)13-7-11(23)3-4-17(13)26/h3-7,9,12,25H,2,8H2,1H3,(H2,24,27). The molecule has 0 aliphatic rings. The van der Waals surface area contributed by atoms with Crippen LogP contribution in [-0.4, -0.2) is 24.9 Å². The van der Waals surface area contributed by atoms with Gasteiger partial charge in [-0.1, -0.05) is 46.1 Å². The number of carbonyl (C=O) groups excluding carboxylic acids is 1. The third-order valence-electron chi connectivity index (χ3n) is 4.57. The third-order valence-corrected chi connectivity index (χ3v) is 7.47. The Hall–Kier alpha value is -1.65. The van der Waals surface area contributed by atoms with E-state index in [1.165, 1.54) is 36.5 Å². The van der Waals surface area contributed by atoms with Crippen LogP contribution < -0.4 is 10.5 Å². The number of rotatable bonds is 7. The molecule has 30 heavy (non-hydrogen) atoms. The maximum Gasteiger partial charge on any atom is 0.250 e. The Balaban J connectivity index is 1.96. The van der Waals surface area contributed by atoms with E-state index in [0.29, 0.717) is 21.8 Å². The van der Waals surface area contributed by atoms with Crippen molar-refractivity contribution in [1.82, 2.24) is 9.29 Å². The zero-order valence-electron chi connectivity index (χ0n) is 15.6. The largest absolute Gasteiger partial charge is 0.366 e. The fraction of sp³-hybridized carbons (Fsp3) is 0.211. The van der Waals surface area contributed by atoms with Gasteiger partial charge >= 0.3 is 0 Å². The van der Waals surface area contributed by atoms with Gasteiger partial charge in [0.1, 0.15) is 10.7 Å². The number of amides is 1. The van der Waals surface area contributed by atoms with Crippen molar-refractivity contribution in [2.75, 3.05) is 0 Å². The number of nitrogens with zero attached hydrogens (tertiary/aromatic N) is 1. The molecule has 3 aromatic rings. The maximum atomic E-state index is 13.7. The van der Waals surface area contributed by atoms with Crippen LogP contribution in [0.25, 0.3) is 10.9 Å². The van der Waals surface area contributed by atoms with Crippen LogP contribution in [0.3, 0.4) is 0 Å². The maximum absolute atomic E-state index is 13.7. The van der Waals surface area contributed by atoms with Gasteiger partial charge in [-0.3, -0.25) is 4.79 Å². The summed E-state index contributed by atoms with van der Waals surface area (Å²) in [5.74, 6) is -1.21. The first-order valence-corrected chi connectivity index (χ1v) is 11.8. The van der Waals surface area contributed by atoms with E-state index in [4.69, 9.17) is 28.9 Å². The molecular weight excluding hydrogens is 520 g/mol. The van der Waals surface area contributed by atoms with E-state index in [2.05, 4.69) is 20.7 Å². The predicted molar refractivity (Wildman–Crippen MR) is 119 cm³/mol. The van der Waals surface area contributed by atoms with Gasteiger partial charge in [0.25, 0.3) is 5.91 Å². The summed E-state index contributed by atoms with van der Waals surface area (Å²) in [5.41, 5.74) is 6.12. The predicted octanol–water partition coefficient (Wildman–Crippen LogP) is 4.71. The number of benzene rings is 2. The smallest absolute Gasteiger partial charge is 0.250 e. The summed E-state index contributed by atoms with van der Waals surface area (Å²) in [6.07, 6.45) is 1.92. The number of hydrogen-bond donors (Lipinski definition) is 2. The summed E-state index contributed by atoms with van der Waals surface area (Å²) in [6.45, 7) is 1.98. The van der Waals surface area contributed by atoms with Gasteiger partial charge in [0.05, 0.1) is 15.6 Å². The number of halogens is 4. The number of fused-ring (bicyclic) bond motifs is 1. The lowest BCUT2D eigenvalue weighted by molar-refractivity contribution is 0.100. The van der Waals surface area contributed by atoms with E-state index in [-0.39, 0.29) is 27.0 Å². The first-order valence-electron chi connectivity index (χ1n) is 8.78. The van der Waals surface area contributed by atoms with E-state index in [0.717, 1.165) is 0 Å². The quantitative estimate of drug-likeness (QED) is 0.458. The molecule has 0 bridgehead atoms. The lowest BCUT2D eigenvalue weighted by Gasteiger charge is -2.19. The summed E-state index contributed by atoms with van der Waals surface area (Å²) in [6, 6.07) is 6.31. The van der Waals surface area contributed by atoms with Crippen LogP contribution in [0, 0.1) is 5.82 Å². The molecule has 0 radical (unpaired) electrons. The third kappa shape index (κ3) is 4.65. The minimum atomic E-state index is -4.04. The van der Waals surface area contributed by atoms with Gasteiger partial charge in [0.2, 0.25) is 10.0 Å². The van der Waals surface area contributed by atoms with Gasteiger partial charge in [-0.15, -0.1) is 0 Å². The lowest BCUT2D eigenvalue weighted by atomic mass is 10.1.